The molecule has 1 aromatic carbocycles. The topological polar surface area (TPSA) is 46.6 Å². The molecule has 0 saturated heterocycles. The number of benzene rings is 1. The number of hydrogen-bond donors (Lipinski definition) is 0. The molecule has 22 heavy (non-hydrogen) atoms. The van der Waals surface area contributed by atoms with Crippen LogP contribution in [0.3, 0.4) is 0 Å². The SMILES string of the molecule is C=C(C)CN(CC)C(=O)CCCOc1ccc(C(C)=O)cc1. The number of likely N-dealkylation sites (N-methyl/N-ethyl adjacent to an activating group) is 1. The van der Waals surface area contributed by atoms with E-state index < -0.39 is 0 Å². The van der Waals surface area contributed by atoms with Crippen molar-refractivity contribution in [2.24, 2.45) is 0 Å². The lowest BCUT2D eigenvalue weighted by atomic mass is 10.1. The van der Waals surface area contributed by atoms with Crippen molar-refractivity contribution in [1.29, 1.82) is 0 Å². The van der Waals surface area contributed by atoms with Crippen LogP contribution in [0.15, 0.2) is 36.4 Å². The van der Waals surface area contributed by atoms with Crippen LogP contribution in [-0.4, -0.2) is 36.3 Å². The minimum Gasteiger partial charge on any atom is -0.494 e. The van der Waals surface area contributed by atoms with Gasteiger partial charge in [0.2, 0.25) is 5.91 Å². The highest BCUT2D eigenvalue weighted by Gasteiger charge is 2.11. The maximum atomic E-state index is 12.0. The fourth-order valence-corrected chi connectivity index (χ4v) is 2.06. The number of rotatable bonds is 9. The zero-order valence-electron chi connectivity index (χ0n) is 13.7. The molecule has 0 heterocycles. The van der Waals surface area contributed by atoms with Gasteiger partial charge >= 0.3 is 0 Å². The molecule has 0 N–H and O–H groups in total. The molecule has 1 rings (SSSR count). The number of amides is 1. The summed E-state index contributed by atoms with van der Waals surface area (Å²) in [4.78, 5) is 25.0. The number of carbonyl (C=O) groups is 2. The Morgan fingerprint density at radius 2 is 1.82 bits per heavy atom. The molecule has 0 fully saturated rings. The quantitative estimate of drug-likeness (QED) is 0.399. The lowest BCUT2D eigenvalue weighted by molar-refractivity contribution is -0.130. The lowest BCUT2D eigenvalue weighted by Crippen LogP contribution is -2.32. The third-order valence-electron chi connectivity index (χ3n) is 3.26. The van der Waals surface area contributed by atoms with Crippen molar-refractivity contribution in [1.82, 2.24) is 4.90 Å². The molecule has 1 aromatic rings. The Hall–Kier alpha value is -2.10. The first-order valence-electron chi connectivity index (χ1n) is 7.60. The Bertz CT molecular complexity index is 520. The van der Waals surface area contributed by atoms with Gasteiger partial charge in [-0.1, -0.05) is 12.2 Å². The standard InChI is InChI=1S/C18H25NO3/c1-5-19(13-14(2)3)18(21)7-6-12-22-17-10-8-16(9-11-17)15(4)20/h8-11H,2,5-7,12-13H2,1,3-4H3. The summed E-state index contributed by atoms with van der Waals surface area (Å²) in [5, 5.41) is 0. The molecule has 4 heteroatoms. The number of Topliss-reactive ketones (excluding diaryl/α,β-unsaturated/α-hetero) is 1. The molecule has 0 unspecified atom stereocenters. The average Bonchev–Trinajstić information content (AvgIpc) is 2.49. The van der Waals surface area contributed by atoms with Gasteiger partial charge in [0.1, 0.15) is 5.75 Å². The number of ether oxygens (including phenoxy) is 1. The van der Waals surface area contributed by atoms with Gasteiger partial charge in [0.25, 0.3) is 0 Å². The largest absolute Gasteiger partial charge is 0.494 e. The van der Waals surface area contributed by atoms with Crippen molar-refractivity contribution in [2.75, 3.05) is 19.7 Å². The van der Waals surface area contributed by atoms with Gasteiger partial charge in [0.15, 0.2) is 5.78 Å². The van der Waals surface area contributed by atoms with Gasteiger partial charge in [0.05, 0.1) is 6.61 Å². The summed E-state index contributed by atoms with van der Waals surface area (Å²) in [7, 11) is 0. The lowest BCUT2D eigenvalue weighted by Gasteiger charge is -2.20. The molecular weight excluding hydrogens is 278 g/mol. The Morgan fingerprint density at radius 3 is 2.32 bits per heavy atom. The second kappa shape index (κ2) is 9.03. The van der Waals surface area contributed by atoms with Crippen LogP contribution in [0.25, 0.3) is 0 Å². The van der Waals surface area contributed by atoms with E-state index in [1.807, 2.05) is 13.8 Å². The van der Waals surface area contributed by atoms with Crippen LogP contribution >= 0.6 is 0 Å². The van der Waals surface area contributed by atoms with Gasteiger partial charge in [-0.3, -0.25) is 9.59 Å². The Morgan fingerprint density at radius 1 is 1.18 bits per heavy atom. The third kappa shape index (κ3) is 6.12. The molecule has 0 spiro atoms. The zero-order valence-corrected chi connectivity index (χ0v) is 13.7. The molecule has 0 aliphatic carbocycles. The molecule has 0 aliphatic rings. The van der Waals surface area contributed by atoms with E-state index in [0.29, 0.717) is 43.9 Å². The van der Waals surface area contributed by atoms with Crippen molar-refractivity contribution in [2.45, 2.75) is 33.6 Å². The Kier molecular flexibility index (Phi) is 7.37. The zero-order chi connectivity index (χ0) is 16.5. The first-order chi connectivity index (χ1) is 10.4. The van der Waals surface area contributed by atoms with Gasteiger partial charge in [-0.05, 0) is 51.5 Å². The van der Waals surface area contributed by atoms with Crippen LogP contribution in [0.4, 0.5) is 0 Å². The van der Waals surface area contributed by atoms with E-state index in [2.05, 4.69) is 6.58 Å². The van der Waals surface area contributed by atoms with E-state index in [1.165, 1.54) is 6.92 Å². The molecule has 0 bridgehead atoms. The predicted octanol–water partition coefficient (Wildman–Crippen LogP) is 3.47. The van der Waals surface area contributed by atoms with Gasteiger partial charge in [-0.15, -0.1) is 0 Å². The van der Waals surface area contributed by atoms with Crippen molar-refractivity contribution in [3.05, 3.63) is 42.0 Å². The first-order valence-corrected chi connectivity index (χ1v) is 7.60. The third-order valence-corrected chi connectivity index (χ3v) is 3.26. The summed E-state index contributed by atoms with van der Waals surface area (Å²) >= 11 is 0. The van der Waals surface area contributed by atoms with Gasteiger partial charge < -0.3 is 9.64 Å². The van der Waals surface area contributed by atoms with E-state index in [4.69, 9.17) is 4.74 Å². The van der Waals surface area contributed by atoms with E-state index >= 15 is 0 Å². The maximum absolute atomic E-state index is 12.0. The first kappa shape index (κ1) is 18.0. The Balaban J connectivity index is 2.33. The molecule has 0 aromatic heterocycles. The average molecular weight is 303 g/mol. The van der Waals surface area contributed by atoms with Crippen LogP contribution in [-0.2, 0) is 4.79 Å². The summed E-state index contributed by atoms with van der Waals surface area (Å²) in [6, 6.07) is 7.04. The van der Waals surface area contributed by atoms with Gasteiger partial charge in [0, 0.05) is 25.1 Å². The van der Waals surface area contributed by atoms with Gasteiger partial charge in [-0.2, -0.15) is 0 Å². The minimum atomic E-state index is 0.0364. The summed E-state index contributed by atoms with van der Waals surface area (Å²) in [5.74, 6) is 0.877. The second-order valence-corrected chi connectivity index (χ2v) is 5.40. The minimum absolute atomic E-state index is 0.0364. The maximum Gasteiger partial charge on any atom is 0.222 e. The van der Waals surface area contributed by atoms with Crippen LogP contribution in [0, 0.1) is 0 Å². The number of carbonyl (C=O) groups excluding carboxylic acids is 2. The summed E-state index contributed by atoms with van der Waals surface area (Å²) < 4.78 is 5.59. The van der Waals surface area contributed by atoms with Crippen LogP contribution < -0.4 is 4.74 Å². The normalized spacial score (nSPS) is 10.1. The van der Waals surface area contributed by atoms with Crippen molar-refractivity contribution in [3.63, 3.8) is 0 Å². The van der Waals surface area contributed by atoms with Gasteiger partial charge in [-0.25, -0.2) is 0 Å². The summed E-state index contributed by atoms with van der Waals surface area (Å²) in [6.45, 7) is 11.0. The van der Waals surface area contributed by atoms with Crippen LogP contribution in [0.5, 0.6) is 5.75 Å². The van der Waals surface area contributed by atoms with Crippen molar-refractivity contribution in [3.8, 4) is 5.75 Å². The number of nitrogens with zero attached hydrogens (tertiary/aromatic N) is 1. The predicted molar refractivity (Wildman–Crippen MR) is 88.2 cm³/mol. The van der Waals surface area contributed by atoms with Crippen molar-refractivity contribution < 1.29 is 14.3 Å². The molecule has 120 valence electrons. The fraction of sp³-hybridized carbons (Fsp3) is 0.444. The Labute approximate surface area is 132 Å². The molecule has 0 aliphatic heterocycles. The summed E-state index contributed by atoms with van der Waals surface area (Å²) in [6.07, 6.45) is 1.13. The van der Waals surface area contributed by atoms with E-state index in [9.17, 15) is 9.59 Å². The van der Waals surface area contributed by atoms with E-state index in [-0.39, 0.29) is 11.7 Å². The number of ketones is 1. The number of hydrogen-bond acceptors (Lipinski definition) is 3. The molecular formula is C18H25NO3. The molecule has 0 saturated carbocycles. The highest BCUT2D eigenvalue weighted by atomic mass is 16.5. The molecule has 4 nitrogen and oxygen atoms in total. The molecule has 1 amide bonds. The van der Waals surface area contributed by atoms with Crippen molar-refractivity contribution >= 4 is 11.7 Å². The smallest absolute Gasteiger partial charge is 0.222 e. The fourth-order valence-electron chi connectivity index (χ4n) is 2.06. The second-order valence-electron chi connectivity index (χ2n) is 5.40. The monoisotopic (exact) mass is 303 g/mol. The molecule has 0 radical (unpaired) electrons. The van der Waals surface area contributed by atoms with E-state index in [0.717, 1.165) is 5.57 Å². The van der Waals surface area contributed by atoms with Crippen LogP contribution in [0.2, 0.25) is 0 Å². The highest BCUT2D eigenvalue weighted by Crippen LogP contribution is 2.13. The molecule has 0 atom stereocenters. The van der Waals surface area contributed by atoms with Crippen LogP contribution in [0.1, 0.15) is 44.0 Å². The summed E-state index contributed by atoms with van der Waals surface area (Å²) in [5.41, 5.74) is 1.65. The highest BCUT2D eigenvalue weighted by molar-refractivity contribution is 5.94. The van der Waals surface area contributed by atoms with E-state index in [1.54, 1.807) is 29.2 Å².